The molecule has 5 nitrogen and oxygen atoms in total. The lowest BCUT2D eigenvalue weighted by molar-refractivity contribution is 0.214. The molecule has 2 aromatic carbocycles. The van der Waals surface area contributed by atoms with E-state index < -0.39 is 23.6 Å². The molecule has 5 aromatic rings. The van der Waals surface area contributed by atoms with Crippen molar-refractivity contribution >= 4 is 21.8 Å². The van der Waals surface area contributed by atoms with Crippen LogP contribution in [0.5, 0.6) is 0 Å². The van der Waals surface area contributed by atoms with E-state index >= 15 is 4.39 Å². The normalized spacial score (nSPS) is 14.7. The Hall–Kier alpha value is -3.78. The number of aryl methyl sites for hydroxylation is 1. The molecule has 1 N–H and O–H groups in total. The van der Waals surface area contributed by atoms with Crippen LogP contribution in [0.2, 0.25) is 0 Å². The summed E-state index contributed by atoms with van der Waals surface area (Å²) in [4.78, 5) is 13.0. The number of aliphatic hydroxyl groups is 1. The molecule has 0 spiro atoms. The molecule has 1 unspecified atom stereocenters. The van der Waals surface area contributed by atoms with Gasteiger partial charge < -0.3 is 9.67 Å². The van der Waals surface area contributed by atoms with E-state index in [0.717, 1.165) is 53.3 Å². The van der Waals surface area contributed by atoms with Crippen LogP contribution in [-0.2, 0) is 0 Å². The number of aliphatic hydroxyl groups excluding tert-OH is 1. The molecule has 0 radical (unpaired) electrons. The molecule has 8 heteroatoms. The van der Waals surface area contributed by atoms with Gasteiger partial charge in [0.25, 0.3) is 0 Å². The van der Waals surface area contributed by atoms with Crippen molar-refractivity contribution in [1.82, 2.24) is 19.5 Å². The minimum Gasteiger partial charge on any atom is -0.382 e. The number of nitrogens with zero attached hydrogens (tertiary/aromatic N) is 4. The van der Waals surface area contributed by atoms with Gasteiger partial charge in [-0.25, -0.2) is 23.1 Å². The first-order valence-corrected chi connectivity index (χ1v) is 11.0. The first-order valence-electron chi connectivity index (χ1n) is 11.0. The lowest BCUT2D eigenvalue weighted by Gasteiger charge is -2.13. The molecule has 1 fully saturated rings. The lowest BCUT2D eigenvalue weighted by Crippen LogP contribution is -2.04. The van der Waals surface area contributed by atoms with Gasteiger partial charge in [0.2, 0.25) is 0 Å². The average molecular weight is 460 g/mol. The van der Waals surface area contributed by atoms with Crippen LogP contribution in [-0.4, -0.2) is 24.6 Å². The van der Waals surface area contributed by atoms with E-state index in [1.807, 2.05) is 13.1 Å². The number of aromatic nitrogens is 4. The number of halogens is 3. The molecular formula is C26H19F3N4O. The van der Waals surface area contributed by atoms with E-state index in [0.29, 0.717) is 17.0 Å². The van der Waals surface area contributed by atoms with Crippen molar-refractivity contribution in [2.24, 2.45) is 0 Å². The molecule has 6 rings (SSSR count). The molecule has 1 atom stereocenters. The van der Waals surface area contributed by atoms with E-state index in [2.05, 4.69) is 19.5 Å². The second-order valence-electron chi connectivity index (χ2n) is 8.70. The van der Waals surface area contributed by atoms with Gasteiger partial charge in [-0.05, 0) is 48.9 Å². The number of rotatable bonds is 4. The number of pyridine rings is 1. The Morgan fingerprint density at radius 2 is 1.74 bits per heavy atom. The van der Waals surface area contributed by atoms with Crippen LogP contribution in [0.25, 0.3) is 32.9 Å². The molecular weight excluding hydrogens is 441 g/mol. The van der Waals surface area contributed by atoms with Gasteiger partial charge in [-0.15, -0.1) is 0 Å². The summed E-state index contributed by atoms with van der Waals surface area (Å²) >= 11 is 0. The maximum absolute atomic E-state index is 15.8. The standard InChI is InChI=1S/C26H19F3N4O/c1-13-23-21(11-33(18-3-4-18)26(23)32-12-31-13)19-5-2-14-8-22(30-10-20(14)24(19)29)25(34)15-6-16(27)9-17(28)7-15/h2,5-12,18,25,34H,3-4H2,1H3. The predicted molar refractivity (Wildman–Crippen MR) is 122 cm³/mol. The molecule has 1 saturated carbocycles. The van der Waals surface area contributed by atoms with Crippen LogP contribution >= 0.6 is 0 Å². The second-order valence-corrected chi connectivity index (χ2v) is 8.70. The quantitative estimate of drug-likeness (QED) is 0.369. The monoisotopic (exact) mass is 460 g/mol. The summed E-state index contributed by atoms with van der Waals surface area (Å²) < 4.78 is 45.0. The van der Waals surface area contributed by atoms with Crippen molar-refractivity contribution in [2.75, 3.05) is 0 Å². The molecule has 0 aliphatic heterocycles. The van der Waals surface area contributed by atoms with Crippen molar-refractivity contribution in [3.8, 4) is 11.1 Å². The van der Waals surface area contributed by atoms with Crippen LogP contribution in [0.3, 0.4) is 0 Å². The fraction of sp³-hybridized carbons (Fsp3) is 0.192. The largest absolute Gasteiger partial charge is 0.382 e. The Morgan fingerprint density at radius 1 is 0.971 bits per heavy atom. The summed E-state index contributed by atoms with van der Waals surface area (Å²) in [6.45, 7) is 1.88. The summed E-state index contributed by atoms with van der Waals surface area (Å²) in [6, 6.07) is 8.15. The highest BCUT2D eigenvalue weighted by Crippen LogP contribution is 2.42. The molecule has 3 aromatic heterocycles. The van der Waals surface area contributed by atoms with Gasteiger partial charge in [-0.3, -0.25) is 4.98 Å². The average Bonchev–Trinajstić information content (AvgIpc) is 3.58. The number of hydrogen-bond donors (Lipinski definition) is 1. The lowest BCUT2D eigenvalue weighted by atomic mass is 9.99. The maximum Gasteiger partial charge on any atom is 0.144 e. The third-order valence-electron chi connectivity index (χ3n) is 6.37. The zero-order valence-electron chi connectivity index (χ0n) is 18.1. The molecule has 34 heavy (non-hydrogen) atoms. The Labute approximate surface area is 192 Å². The highest BCUT2D eigenvalue weighted by molar-refractivity contribution is 5.99. The van der Waals surface area contributed by atoms with Crippen molar-refractivity contribution < 1.29 is 18.3 Å². The summed E-state index contributed by atoms with van der Waals surface area (Å²) in [7, 11) is 0. The molecule has 0 bridgehead atoms. The maximum atomic E-state index is 15.8. The first-order chi connectivity index (χ1) is 16.4. The Kier molecular flexibility index (Phi) is 4.67. The molecule has 1 aliphatic carbocycles. The van der Waals surface area contributed by atoms with E-state index in [1.165, 1.54) is 18.6 Å². The zero-order valence-corrected chi connectivity index (χ0v) is 18.1. The van der Waals surface area contributed by atoms with Gasteiger partial charge in [-0.1, -0.05) is 12.1 Å². The summed E-state index contributed by atoms with van der Waals surface area (Å²) in [5.41, 5.74) is 2.90. The summed E-state index contributed by atoms with van der Waals surface area (Å²) in [5, 5.41) is 12.2. The van der Waals surface area contributed by atoms with Crippen molar-refractivity contribution in [1.29, 1.82) is 0 Å². The first kappa shape index (κ1) is 20.8. The third kappa shape index (κ3) is 3.33. The van der Waals surface area contributed by atoms with Crippen LogP contribution < -0.4 is 0 Å². The van der Waals surface area contributed by atoms with Gasteiger partial charge in [0.05, 0.1) is 11.4 Å². The Balaban J connectivity index is 1.46. The fourth-order valence-corrected chi connectivity index (χ4v) is 4.53. The number of hydrogen-bond acceptors (Lipinski definition) is 4. The van der Waals surface area contributed by atoms with Gasteiger partial charge in [-0.2, -0.15) is 0 Å². The minimum atomic E-state index is -1.35. The van der Waals surface area contributed by atoms with Gasteiger partial charge in [0.15, 0.2) is 0 Å². The predicted octanol–water partition coefficient (Wildman–Crippen LogP) is 5.79. The minimum absolute atomic E-state index is 0.0322. The van der Waals surface area contributed by atoms with E-state index in [4.69, 9.17) is 0 Å². The van der Waals surface area contributed by atoms with Crippen molar-refractivity contribution in [2.45, 2.75) is 31.9 Å². The van der Waals surface area contributed by atoms with Crippen molar-refractivity contribution in [3.63, 3.8) is 0 Å². The van der Waals surface area contributed by atoms with Crippen LogP contribution in [0.4, 0.5) is 13.2 Å². The highest BCUT2D eigenvalue weighted by atomic mass is 19.1. The summed E-state index contributed by atoms with van der Waals surface area (Å²) in [5.74, 6) is -2.04. The van der Waals surface area contributed by atoms with Crippen LogP contribution in [0, 0.1) is 24.4 Å². The smallest absolute Gasteiger partial charge is 0.144 e. The van der Waals surface area contributed by atoms with E-state index in [1.54, 1.807) is 12.1 Å². The number of fused-ring (bicyclic) bond motifs is 2. The summed E-state index contributed by atoms with van der Waals surface area (Å²) in [6.07, 6.45) is 5.59. The molecule has 1 aliphatic rings. The van der Waals surface area contributed by atoms with Gasteiger partial charge in [0.1, 0.15) is 35.5 Å². The van der Waals surface area contributed by atoms with Crippen molar-refractivity contribution in [3.05, 3.63) is 89.5 Å². The second kappa shape index (κ2) is 7.63. The van der Waals surface area contributed by atoms with Gasteiger partial charge >= 0.3 is 0 Å². The Morgan fingerprint density at radius 3 is 2.47 bits per heavy atom. The third-order valence-corrected chi connectivity index (χ3v) is 6.37. The van der Waals surface area contributed by atoms with E-state index in [-0.39, 0.29) is 16.6 Å². The SMILES string of the molecule is Cc1ncnc2c1c(-c1ccc3cc(C(O)c4cc(F)cc(F)c4)ncc3c1F)cn2C1CC1. The zero-order chi connectivity index (χ0) is 23.6. The van der Waals surface area contributed by atoms with Crippen LogP contribution in [0.1, 0.15) is 41.9 Å². The molecule has 0 saturated heterocycles. The molecule has 170 valence electrons. The highest BCUT2D eigenvalue weighted by Gasteiger charge is 2.28. The van der Waals surface area contributed by atoms with Crippen LogP contribution in [0.15, 0.2) is 55.1 Å². The number of benzene rings is 2. The topological polar surface area (TPSA) is 63.8 Å². The molecule has 3 heterocycles. The molecule has 0 amide bonds. The van der Waals surface area contributed by atoms with E-state index in [9.17, 15) is 13.9 Å². The fourth-order valence-electron chi connectivity index (χ4n) is 4.53. The Bertz CT molecular complexity index is 1570. The van der Waals surface area contributed by atoms with Gasteiger partial charge in [0, 0.05) is 46.4 Å².